The highest BCUT2D eigenvalue weighted by molar-refractivity contribution is 7.93. The van der Waals surface area contributed by atoms with Crippen LogP contribution in [0.25, 0.3) is 10.9 Å². The van der Waals surface area contributed by atoms with Crippen molar-refractivity contribution in [3.8, 4) is 5.88 Å². The zero-order valence-corrected chi connectivity index (χ0v) is 14.0. The summed E-state index contributed by atoms with van der Waals surface area (Å²) in [5, 5.41) is -0.189. The summed E-state index contributed by atoms with van der Waals surface area (Å²) >= 11 is 5.64. The minimum Gasteiger partial charge on any atom is -0.479 e. The van der Waals surface area contributed by atoms with Gasteiger partial charge in [0.1, 0.15) is 4.90 Å². The van der Waals surface area contributed by atoms with E-state index in [2.05, 4.69) is 14.7 Å². The van der Waals surface area contributed by atoms with Gasteiger partial charge in [0.15, 0.2) is 23.3 Å². The summed E-state index contributed by atoms with van der Waals surface area (Å²) < 4.78 is 72.5. The van der Waals surface area contributed by atoms with Crippen molar-refractivity contribution in [2.75, 3.05) is 11.8 Å². The number of halogens is 4. The molecule has 0 saturated carbocycles. The van der Waals surface area contributed by atoms with E-state index in [1.54, 1.807) is 0 Å². The quantitative estimate of drug-likeness (QED) is 0.713. The van der Waals surface area contributed by atoms with Gasteiger partial charge in [-0.2, -0.15) is 4.98 Å². The van der Waals surface area contributed by atoms with Crippen LogP contribution in [0.2, 0.25) is 5.02 Å². The largest absolute Gasteiger partial charge is 0.479 e. The lowest BCUT2D eigenvalue weighted by Crippen LogP contribution is -2.15. The molecule has 25 heavy (non-hydrogen) atoms. The molecule has 0 saturated heterocycles. The summed E-state index contributed by atoms with van der Waals surface area (Å²) in [5.74, 6) is -4.51. The first kappa shape index (κ1) is 17.4. The maximum absolute atomic E-state index is 13.9. The molecule has 1 aromatic carbocycles. The van der Waals surface area contributed by atoms with Crippen LogP contribution in [-0.2, 0) is 10.0 Å². The van der Waals surface area contributed by atoms with E-state index < -0.39 is 39.2 Å². The molecule has 132 valence electrons. The fourth-order valence-electron chi connectivity index (χ4n) is 2.18. The molecule has 2 heterocycles. The summed E-state index contributed by atoms with van der Waals surface area (Å²) in [6, 6.07) is 2.91. The van der Waals surface area contributed by atoms with E-state index in [1.807, 2.05) is 4.72 Å². The number of anilines is 1. The van der Waals surface area contributed by atoms with Gasteiger partial charge in [0.05, 0.1) is 17.6 Å². The first-order valence-corrected chi connectivity index (χ1v) is 8.48. The number of H-pyrrole nitrogens is 1. The lowest BCUT2D eigenvalue weighted by atomic mass is 10.2. The average Bonchev–Trinajstić information content (AvgIpc) is 2.99. The zero-order valence-electron chi connectivity index (χ0n) is 12.4. The Labute approximate surface area is 144 Å². The molecule has 6 nitrogen and oxygen atoms in total. The number of pyridine rings is 1. The lowest BCUT2D eigenvalue weighted by molar-refractivity contribution is 0.367. The third kappa shape index (κ3) is 2.98. The molecule has 3 rings (SSSR count). The topological polar surface area (TPSA) is 84.1 Å². The van der Waals surface area contributed by atoms with Crippen molar-refractivity contribution in [3.05, 3.63) is 46.9 Å². The van der Waals surface area contributed by atoms with Gasteiger partial charge in [0, 0.05) is 17.6 Å². The van der Waals surface area contributed by atoms with E-state index in [0.717, 1.165) is 13.3 Å². The van der Waals surface area contributed by atoms with Crippen molar-refractivity contribution >= 4 is 38.3 Å². The Kier molecular flexibility index (Phi) is 4.25. The molecule has 0 aliphatic heterocycles. The molecule has 0 bridgehead atoms. The molecule has 11 heteroatoms. The molecular weight excluding hydrogens is 383 g/mol. The van der Waals surface area contributed by atoms with Crippen LogP contribution in [-0.4, -0.2) is 25.5 Å². The van der Waals surface area contributed by atoms with Crippen molar-refractivity contribution in [2.45, 2.75) is 4.90 Å². The van der Waals surface area contributed by atoms with Crippen molar-refractivity contribution in [1.29, 1.82) is 0 Å². The maximum Gasteiger partial charge on any atom is 0.265 e. The molecule has 0 aliphatic rings. The normalized spacial score (nSPS) is 11.7. The van der Waals surface area contributed by atoms with Gasteiger partial charge in [-0.25, -0.2) is 21.6 Å². The molecule has 2 aromatic heterocycles. The summed E-state index contributed by atoms with van der Waals surface area (Å²) in [6.07, 6.45) is 1.02. The van der Waals surface area contributed by atoms with Crippen molar-refractivity contribution in [3.63, 3.8) is 0 Å². The highest BCUT2D eigenvalue weighted by Gasteiger charge is 2.24. The number of hydrogen-bond donors (Lipinski definition) is 2. The van der Waals surface area contributed by atoms with Gasteiger partial charge in [0.2, 0.25) is 0 Å². The molecule has 2 N–H and O–H groups in total. The first-order valence-electron chi connectivity index (χ1n) is 6.62. The van der Waals surface area contributed by atoms with Crippen molar-refractivity contribution < 1.29 is 26.3 Å². The molecule has 0 spiro atoms. The van der Waals surface area contributed by atoms with E-state index in [0.29, 0.717) is 6.07 Å². The molecule has 0 radical (unpaired) electrons. The number of hydrogen-bond acceptors (Lipinski definition) is 4. The highest BCUT2D eigenvalue weighted by atomic mass is 35.5. The molecule has 0 amide bonds. The number of aromatic nitrogens is 2. The average molecular weight is 392 g/mol. The van der Waals surface area contributed by atoms with Gasteiger partial charge < -0.3 is 9.72 Å². The number of fused-ring (bicyclic) bond motifs is 1. The second-order valence-electron chi connectivity index (χ2n) is 4.85. The Hall–Kier alpha value is -2.46. The predicted molar refractivity (Wildman–Crippen MR) is 84.8 cm³/mol. The number of sulfonamides is 1. The van der Waals surface area contributed by atoms with Gasteiger partial charge >= 0.3 is 0 Å². The van der Waals surface area contributed by atoms with Crippen molar-refractivity contribution in [1.82, 2.24) is 9.97 Å². The van der Waals surface area contributed by atoms with Gasteiger partial charge in [0.25, 0.3) is 15.9 Å². The third-order valence-corrected chi connectivity index (χ3v) is 4.99. The molecule has 0 unspecified atom stereocenters. The fraction of sp³-hybridized carbons (Fsp3) is 0.0714. The van der Waals surface area contributed by atoms with Crippen LogP contribution in [0.4, 0.5) is 19.0 Å². The Morgan fingerprint density at radius 1 is 1.24 bits per heavy atom. The second-order valence-corrected chi connectivity index (χ2v) is 6.91. The summed E-state index contributed by atoms with van der Waals surface area (Å²) in [7, 11) is -3.27. The van der Waals surface area contributed by atoms with Gasteiger partial charge in [-0.15, -0.1) is 0 Å². The molecule has 0 fully saturated rings. The van der Waals surface area contributed by atoms with Crippen LogP contribution in [0, 0.1) is 17.5 Å². The van der Waals surface area contributed by atoms with E-state index in [9.17, 15) is 21.6 Å². The number of nitrogens with one attached hydrogen (secondary N) is 2. The van der Waals surface area contributed by atoms with Crippen LogP contribution in [0.5, 0.6) is 5.88 Å². The summed E-state index contributed by atoms with van der Waals surface area (Å²) in [6.45, 7) is 0. The van der Waals surface area contributed by atoms with Crippen LogP contribution in [0.1, 0.15) is 0 Å². The highest BCUT2D eigenvalue weighted by Crippen LogP contribution is 2.30. The molecular formula is C14H9ClF3N3O3S. The summed E-state index contributed by atoms with van der Waals surface area (Å²) in [4.78, 5) is 5.53. The Morgan fingerprint density at radius 2 is 1.96 bits per heavy atom. The van der Waals surface area contributed by atoms with Crippen LogP contribution in [0.15, 0.2) is 29.3 Å². The second kappa shape index (κ2) is 6.12. The first-order chi connectivity index (χ1) is 11.7. The number of rotatable bonds is 4. The van der Waals surface area contributed by atoms with E-state index in [-0.39, 0.29) is 20.8 Å². The van der Waals surface area contributed by atoms with Crippen LogP contribution >= 0.6 is 11.6 Å². The molecule has 3 aromatic rings. The molecule has 0 aliphatic carbocycles. The Balaban J connectivity index is 2.08. The molecule has 0 atom stereocenters. The zero-order chi connectivity index (χ0) is 18.4. The lowest BCUT2D eigenvalue weighted by Gasteiger charge is -2.09. The van der Waals surface area contributed by atoms with Gasteiger partial charge in [-0.3, -0.25) is 4.72 Å². The predicted octanol–water partition coefficient (Wildman–Crippen LogP) is 3.44. The SMILES string of the molecule is COc1nc(NS(=O)(=O)c2c[nH]c3c(F)c(Cl)ccc23)c(F)cc1F. The van der Waals surface area contributed by atoms with Crippen molar-refractivity contribution in [2.24, 2.45) is 0 Å². The monoisotopic (exact) mass is 391 g/mol. The maximum atomic E-state index is 13.9. The number of aromatic amines is 1. The number of nitrogens with zero attached hydrogens (tertiary/aromatic N) is 1. The van der Waals surface area contributed by atoms with Gasteiger partial charge in [-0.05, 0) is 12.1 Å². The smallest absolute Gasteiger partial charge is 0.265 e. The van der Waals surface area contributed by atoms with E-state index >= 15 is 0 Å². The summed E-state index contributed by atoms with van der Waals surface area (Å²) in [5.41, 5.74) is -0.127. The van der Waals surface area contributed by atoms with E-state index in [1.165, 1.54) is 12.1 Å². The Morgan fingerprint density at radius 3 is 2.64 bits per heavy atom. The minimum absolute atomic E-state index is 0.00360. The standard InChI is InChI=1S/C14H9ClF3N3O3S/c1-24-14-9(17)4-8(16)13(20-14)21-25(22,23)10-5-19-12-6(10)2-3-7(15)11(12)18/h2-5,19H,1H3,(H,20,21). The fourth-order valence-corrected chi connectivity index (χ4v) is 3.52. The minimum atomic E-state index is -4.36. The van der Waals surface area contributed by atoms with Crippen LogP contribution < -0.4 is 9.46 Å². The van der Waals surface area contributed by atoms with Crippen LogP contribution in [0.3, 0.4) is 0 Å². The Bertz CT molecular complexity index is 1090. The van der Waals surface area contributed by atoms with Gasteiger partial charge in [-0.1, -0.05) is 11.6 Å². The number of methoxy groups -OCH3 is 1. The number of benzene rings is 1. The van der Waals surface area contributed by atoms with E-state index in [4.69, 9.17) is 11.6 Å². The third-order valence-electron chi connectivity index (χ3n) is 3.32. The number of ether oxygens (including phenoxy) is 1.